The minimum atomic E-state index is -1.66. The predicted octanol–water partition coefficient (Wildman–Crippen LogP) is 7.13. The van der Waals surface area contributed by atoms with Crippen LogP contribution in [0.4, 0.5) is 16.2 Å². The van der Waals surface area contributed by atoms with Crippen molar-refractivity contribution in [2.45, 2.75) is 84.7 Å². The third kappa shape index (κ3) is 4.37. The SMILES string of the molecule is Cc1ccc(NC(=O)N(C(=O)[C@@]2(O)CC[C@H]3[C@@H]4CCC5=CC(=O)CC[C@]5(C)[C@H]4CC[C@@]32C)c2ccc(C)cc2)cc1. The quantitative estimate of drug-likeness (QED) is 0.423. The monoisotopic (exact) mass is 554 g/mol. The molecule has 0 saturated heterocycles. The lowest BCUT2D eigenvalue weighted by Crippen LogP contribution is -2.62. The number of aryl methyl sites for hydroxylation is 2. The van der Waals surface area contributed by atoms with E-state index in [9.17, 15) is 19.5 Å². The fourth-order valence-corrected chi connectivity index (χ4v) is 8.95. The van der Waals surface area contributed by atoms with Crippen LogP contribution in [-0.2, 0) is 9.59 Å². The summed E-state index contributed by atoms with van der Waals surface area (Å²) in [4.78, 5) is 41.7. The van der Waals surface area contributed by atoms with Gasteiger partial charge in [-0.3, -0.25) is 9.59 Å². The molecule has 3 saturated carbocycles. The van der Waals surface area contributed by atoms with Crippen molar-refractivity contribution in [2.24, 2.45) is 28.6 Å². The van der Waals surface area contributed by atoms with Gasteiger partial charge < -0.3 is 10.4 Å². The highest BCUT2D eigenvalue weighted by atomic mass is 16.3. The molecule has 2 aromatic rings. The van der Waals surface area contributed by atoms with Crippen molar-refractivity contribution in [1.29, 1.82) is 0 Å². The highest BCUT2D eigenvalue weighted by Gasteiger charge is 2.67. The molecule has 0 radical (unpaired) electrons. The molecule has 6 nitrogen and oxygen atoms in total. The number of imide groups is 1. The zero-order valence-electron chi connectivity index (χ0n) is 24.7. The summed E-state index contributed by atoms with van der Waals surface area (Å²) in [5.41, 5.74) is 2.17. The van der Waals surface area contributed by atoms with Gasteiger partial charge in [-0.2, -0.15) is 0 Å². The molecule has 4 aliphatic rings. The lowest BCUT2D eigenvalue weighted by molar-refractivity contribution is -0.161. The molecule has 41 heavy (non-hydrogen) atoms. The van der Waals surface area contributed by atoms with Crippen LogP contribution < -0.4 is 10.2 Å². The first-order valence-electron chi connectivity index (χ1n) is 15.2. The van der Waals surface area contributed by atoms with Gasteiger partial charge >= 0.3 is 6.03 Å². The van der Waals surface area contributed by atoms with E-state index in [1.807, 2.05) is 56.3 Å². The molecule has 216 valence electrons. The number of allylic oxidation sites excluding steroid dienone is 1. The van der Waals surface area contributed by atoms with Crippen LogP contribution in [0.15, 0.2) is 60.2 Å². The van der Waals surface area contributed by atoms with Crippen molar-refractivity contribution < 1.29 is 19.5 Å². The summed E-state index contributed by atoms with van der Waals surface area (Å²) < 4.78 is 0. The zero-order valence-corrected chi connectivity index (χ0v) is 24.7. The lowest BCUT2D eigenvalue weighted by atomic mass is 9.46. The summed E-state index contributed by atoms with van der Waals surface area (Å²) in [5.74, 6) is 0.730. The van der Waals surface area contributed by atoms with E-state index in [-0.39, 0.29) is 17.1 Å². The number of benzene rings is 2. The predicted molar refractivity (Wildman–Crippen MR) is 161 cm³/mol. The van der Waals surface area contributed by atoms with Crippen molar-refractivity contribution in [3.05, 3.63) is 71.3 Å². The largest absolute Gasteiger partial charge is 0.379 e. The molecule has 2 aromatic carbocycles. The van der Waals surface area contributed by atoms with Gasteiger partial charge in [0.15, 0.2) is 5.78 Å². The molecule has 6 heteroatoms. The van der Waals surface area contributed by atoms with E-state index in [1.54, 1.807) is 12.1 Å². The van der Waals surface area contributed by atoms with Crippen LogP contribution in [0.5, 0.6) is 0 Å². The van der Waals surface area contributed by atoms with Crippen molar-refractivity contribution in [1.82, 2.24) is 0 Å². The Labute approximate surface area is 243 Å². The smallest absolute Gasteiger partial charge is 0.333 e. The van der Waals surface area contributed by atoms with Crippen LogP contribution in [-0.4, -0.2) is 28.4 Å². The third-order valence-corrected chi connectivity index (χ3v) is 11.5. The molecule has 3 fully saturated rings. The molecule has 3 amide bonds. The van der Waals surface area contributed by atoms with Crippen LogP contribution in [0.25, 0.3) is 0 Å². The number of fused-ring (bicyclic) bond motifs is 5. The van der Waals surface area contributed by atoms with E-state index in [0.717, 1.165) is 54.6 Å². The molecule has 4 aliphatic carbocycles. The Hall–Kier alpha value is -3.25. The Kier molecular flexibility index (Phi) is 6.76. The van der Waals surface area contributed by atoms with E-state index < -0.39 is 23.0 Å². The van der Waals surface area contributed by atoms with Gasteiger partial charge in [0.05, 0.1) is 5.69 Å². The maximum absolute atomic E-state index is 14.6. The summed E-state index contributed by atoms with van der Waals surface area (Å²) in [5, 5.41) is 15.3. The Morgan fingerprint density at radius 2 is 1.49 bits per heavy atom. The van der Waals surface area contributed by atoms with Gasteiger partial charge in [-0.15, -0.1) is 0 Å². The second kappa shape index (κ2) is 9.94. The topological polar surface area (TPSA) is 86.7 Å². The molecular weight excluding hydrogens is 512 g/mol. The molecule has 0 heterocycles. The number of hydrogen-bond acceptors (Lipinski definition) is 4. The first kappa shape index (κ1) is 27.9. The number of hydrogen-bond donors (Lipinski definition) is 2. The standard InChI is InChI=1S/C35H42N2O4/c1-22-5-10-25(11-6-22)36-32(40)37(26-12-7-23(2)8-13-26)31(39)35(41)20-17-30-28-14-9-24-21-27(38)15-18-33(24,3)29(28)16-19-34(30,35)4/h5-8,10-13,21,28-30,41H,9,14-20H2,1-4H3,(H,36,40)/t28-,29+,30+,33+,34+,35+/m1/s1. The number of nitrogens with zero attached hydrogens (tertiary/aromatic N) is 1. The molecule has 0 spiro atoms. The van der Waals surface area contributed by atoms with Crippen molar-refractivity contribution >= 4 is 29.1 Å². The summed E-state index contributed by atoms with van der Waals surface area (Å²) in [6.07, 6.45) is 8.05. The Bertz CT molecular complexity index is 1410. The molecule has 2 N–H and O–H groups in total. The first-order valence-corrected chi connectivity index (χ1v) is 15.2. The first-order chi connectivity index (χ1) is 19.5. The highest BCUT2D eigenvalue weighted by Crippen LogP contribution is 2.67. The average molecular weight is 555 g/mol. The van der Waals surface area contributed by atoms with Crippen LogP contribution in [0, 0.1) is 42.4 Å². The third-order valence-electron chi connectivity index (χ3n) is 11.5. The molecule has 0 unspecified atom stereocenters. The van der Waals surface area contributed by atoms with E-state index in [2.05, 4.69) is 19.2 Å². The van der Waals surface area contributed by atoms with Gasteiger partial charge in [0.25, 0.3) is 5.91 Å². The number of amides is 3. The van der Waals surface area contributed by atoms with Crippen LogP contribution >= 0.6 is 0 Å². The number of carbonyl (C=O) groups excluding carboxylic acids is 3. The van der Waals surface area contributed by atoms with Gasteiger partial charge in [0, 0.05) is 17.5 Å². The van der Waals surface area contributed by atoms with Gasteiger partial charge in [-0.25, -0.2) is 9.69 Å². The van der Waals surface area contributed by atoms with Crippen molar-refractivity contribution in [3.8, 4) is 0 Å². The molecule has 0 aromatic heterocycles. The number of rotatable bonds is 3. The summed E-state index contributed by atoms with van der Waals surface area (Å²) >= 11 is 0. The normalized spacial score (nSPS) is 34.1. The fraction of sp³-hybridized carbons (Fsp3) is 0.514. The fourth-order valence-electron chi connectivity index (χ4n) is 8.95. The number of ketones is 1. The maximum Gasteiger partial charge on any atom is 0.333 e. The summed E-state index contributed by atoms with van der Waals surface area (Å²) in [6, 6.07) is 14.2. The second-order valence-corrected chi connectivity index (χ2v) is 13.6. The average Bonchev–Trinajstić information content (AvgIpc) is 3.23. The molecular formula is C35H42N2O4. The Morgan fingerprint density at radius 3 is 2.17 bits per heavy atom. The van der Waals surface area contributed by atoms with Crippen LogP contribution in [0.2, 0.25) is 0 Å². The maximum atomic E-state index is 14.6. The minimum Gasteiger partial charge on any atom is -0.379 e. The minimum absolute atomic E-state index is 0.0186. The highest BCUT2D eigenvalue weighted by molar-refractivity contribution is 6.21. The molecule has 6 rings (SSSR count). The summed E-state index contributed by atoms with van der Waals surface area (Å²) in [6.45, 7) is 8.37. The van der Waals surface area contributed by atoms with Gasteiger partial charge in [0.2, 0.25) is 0 Å². The number of carbonyl (C=O) groups is 3. The Balaban J connectivity index is 1.32. The number of urea groups is 1. The molecule has 6 atom stereocenters. The van der Waals surface area contributed by atoms with Crippen LogP contribution in [0.1, 0.15) is 76.3 Å². The van der Waals surface area contributed by atoms with E-state index >= 15 is 0 Å². The number of anilines is 2. The zero-order chi connectivity index (χ0) is 29.2. The molecule has 0 bridgehead atoms. The summed E-state index contributed by atoms with van der Waals surface area (Å²) in [7, 11) is 0. The van der Waals surface area contributed by atoms with Crippen LogP contribution in [0.3, 0.4) is 0 Å². The van der Waals surface area contributed by atoms with E-state index in [1.165, 1.54) is 5.57 Å². The van der Waals surface area contributed by atoms with Gasteiger partial charge in [-0.05, 0) is 112 Å². The van der Waals surface area contributed by atoms with Gasteiger partial charge in [-0.1, -0.05) is 54.8 Å². The second-order valence-electron chi connectivity index (χ2n) is 13.6. The van der Waals surface area contributed by atoms with Gasteiger partial charge in [0.1, 0.15) is 5.60 Å². The van der Waals surface area contributed by atoms with E-state index in [4.69, 9.17) is 0 Å². The van der Waals surface area contributed by atoms with Crippen molar-refractivity contribution in [3.63, 3.8) is 0 Å². The molecule has 0 aliphatic heterocycles. The van der Waals surface area contributed by atoms with Crippen molar-refractivity contribution in [2.75, 3.05) is 10.2 Å². The Morgan fingerprint density at radius 1 is 0.854 bits per heavy atom. The number of aliphatic hydroxyl groups is 1. The number of nitrogens with one attached hydrogen (secondary N) is 1. The van der Waals surface area contributed by atoms with E-state index in [0.29, 0.717) is 36.1 Å². The lowest BCUT2D eigenvalue weighted by Gasteiger charge is -2.59.